The third-order valence-electron chi connectivity index (χ3n) is 7.69. The molecule has 146 valence electrons. The summed E-state index contributed by atoms with van der Waals surface area (Å²) in [5.74, 6) is 2.49. The molecule has 0 radical (unpaired) electrons. The van der Waals surface area contributed by atoms with Gasteiger partial charge in [0.1, 0.15) is 5.75 Å². The maximum atomic E-state index is 13.3. The van der Waals surface area contributed by atoms with E-state index in [1.54, 1.807) is 7.11 Å². The number of carbonyl (C=O) groups excluding carboxylic acids is 1. The van der Waals surface area contributed by atoms with Crippen molar-refractivity contribution in [3.8, 4) is 5.75 Å². The van der Waals surface area contributed by atoms with Gasteiger partial charge < -0.3 is 19.6 Å². The Kier molecular flexibility index (Phi) is 3.94. The number of urea groups is 1. The Labute approximate surface area is 161 Å². The lowest BCUT2D eigenvalue weighted by Gasteiger charge is -2.59. The second kappa shape index (κ2) is 6.13. The second-order valence-electron chi connectivity index (χ2n) is 9.30. The summed E-state index contributed by atoms with van der Waals surface area (Å²) in [5.41, 5.74) is 0.705. The molecule has 1 aromatic carbocycles. The quantitative estimate of drug-likeness (QED) is 0.883. The normalized spacial score (nSPS) is 38.6. The largest absolute Gasteiger partial charge is 0.497 e. The van der Waals surface area contributed by atoms with Gasteiger partial charge in [0.2, 0.25) is 0 Å². The number of rotatable bonds is 4. The molecular weight excluding hydrogens is 340 g/mol. The average Bonchev–Trinajstić information content (AvgIpc) is 3.01. The number of hydrogen-bond acceptors (Lipinski definition) is 3. The minimum atomic E-state index is -0.439. The topological polar surface area (TPSA) is 53.0 Å². The van der Waals surface area contributed by atoms with Crippen LogP contribution in [-0.4, -0.2) is 52.8 Å². The van der Waals surface area contributed by atoms with Crippen molar-refractivity contribution < 1.29 is 14.6 Å². The SMILES string of the molecule is COc1ccc([C@H](C)N2CCN(C3C4CC5CC3CC(O)(C5)C4)C2=O)cc1. The van der Waals surface area contributed by atoms with Crippen molar-refractivity contribution in [2.75, 3.05) is 20.2 Å². The highest BCUT2D eigenvalue weighted by atomic mass is 16.5. The highest BCUT2D eigenvalue weighted by Crippen LogP contribution is 2.57. The average molecular weight is 370 g/mol. The van der Waals surface area contributed by atoms with Gasteiger partial charge in [-0.05, 0) is 74.5 Å². The van der Waals surface area contributed by atoms with Gasteiger partial charge in [-0.3, -0.25) is 0 Å². The molecule has 1 heterocycles. The van der Waals surface area contributed by atoms with Crippen LogP contribution in [-0.2, 0) is 0 Å². The Hall–Kier alpha value is -1.75. The van der Waals surface area contributed by atoms with Gasteiger partial charge in [0.15, 0.2) is 0 Å². The zero-order valence-electron chi connectivity index (χ0n) is 16.3. The summed E-state index contributed by atoms with van der Waals surface area (Å²) in [4.78, 5) is 17.5. The van der Waals surface area contributed by atoms with E-state index >= 15 is 0 Å². The Morgan fingerprint density at radius 2 is 1.78 bits per heavy atom. The molecule has 3 atom stereocenters. The maximum absolute atomic E-state index is 13.3. The lowest BCUT2D eigenvalue weighted by molar-refractivity contribution is -0.152. The fourth-order valence-corrected chi connectivity index (χ4v) is 6.73. The van der Waals surface area contributed by atoms with Crippen LogP contribution in [0, 0.1) is 17.8 Å². The first-order chi connectivity index (χ1) is 13.0. The molecule has 0 aromatic heterocycles. The summed E-state index contributed by atoms with van der Waals surface area (Å²) in [6.45, 7) is 3.72. The zero-order valence-corrected chi connectivity index (χ0v) is 16.3. The van der Waals surface area contributed by atoms with Crippen LogP contribution in [0.3, 0.4) is 0 Å². The van der Waals surface area contributed by atoms with Crippen molar-refractivity contribution >= 4 is 6.03 Å². The molecule has 2 amide bonds. The minimum absolute atomic E-state index is 0.0643. The molecule has 1 saturated heterocycles. The van der Waals surface area contributed by atoms with Gasteiger partial charge in [-0.25, -0.2) is 4.79 Å². The van der Waals surface area contributed by atoms with Gasteiger partial charge in [-0.1, -0.05) is 12.1 Å². The molecule has 0 spiro atoms. The Morgan fingerprint density at radius 1 is 1.11 bits per heavy atom. The van der Waals surface area contributed by atoms with E-state index < -0.39 is 5.60 Å². The Bertz CT molecular complexity index is 718. The molecule has 27 heavy (non-hydrogen) atoms. The Morgan fingerprint density at radius 3 is 2.37 bits per heavy atom. The van der Waals surface area contributed by atoms with Gasteiger partial charge in [-0.2, -0.15) is 0 Å². The summed E-state index contributed by atoms with van der Waals surface area (Å²) in [7, 11) is 1.67. The summed E-state index contributed by atoms with van der Waals surface area (Å²) in [5, 5.41) is 10.8. The third-order valence-corrected chi connectivity index (χ3v) is 7.69. The number of nitrogens with zero attached hydrogens (tertiary/aromatic N) is 2. The molecule has 5 nitrogen and oxygen atoms in total. The van der Waals surface area contributed by atoms with E-state index in [9.17, 15) is 9.90 Å². The molecule has 1 aliphatic heterocycles. The number of benzene rings is 1. The highest BCUT2D eigenvalue weighted by molar-refractivity contribution is 5.77. The molecule has 1 aromatic rings. The van der Waals surface area contributed by atoms with Crippen LogP contribution in [0.15, 0.2) is 24.3 Å². The number of aliphatic hydroxyl groups is 1. The van der Waals surface area contributed by atoms with Crippen molar-refractivity contribution in [2.24, 2.45) is 17.8 Å². The summed E-state index contributed by atoms with van der Waals surface area (Å²) in [6.07, 6.45) is 5.16. The summed E-state index contributed by atoms with van der Waals surface area (Å²) >= 11 is 0. The molecule has 6 rings (SSSR count). The smallest absolute Gasteiger partial charge is 0.320 e. The van der Waals surface area contributed by atoms with Crippen molar-refractivity contribution in [3.63, 3.8) is 0 Å². The molecular formula is C22H30N2O3. The second-order valence-corrected chi connectivity index (χ2v) is 9.30. The van der Waals surface area contributed by atoms with Crippen LogP contribution in [0.1, 0.15) is 50.6 Å². The molecule has 5 fully saturated rings. The fourth-order valence-electron chi connectivity index (χ4n) is 6.73. The van der Waals surface area contributed by atoms with E-state index in [1.165, 1.54) is 12.8 Å². The molecule has 2 unspecified atom stereocenters. The number of amides is 2. The zero-order chi connectivity index (χ0) is 18.8. The third kappa shape index (κ3) is 2.74. The summed E-state index contributed by atoms with van der Waals surface area (Å²) in [6, 6.07) is 8.61. The van der Waals surface area contributed by atoms with Crippen LogP contribution in [0.4, 0.5) is 4.79 Å². The van der Waals surface area contributed by atoms with Crippen LogP contribution >= 0.6 is 0 Å². The van der Waals surface area contributed by atoms with Gasteiger partial charge in [0, 0.05) is 19.1 Å². The minimum Gasteiger partial charge on any atom is -0.497 e. The van der Waals surface area contributed by atoms with E-state index in [2.05, 4.69) is 24.0 Å². The number of ether oxygens (including phenoxy) is 1. The first-order valence-electron chi connectivity index (χ1n) is 10.4. The molecule has 1 N–H and O–H groups in total. The van der Waals surface area contributed by atoms with Gasteiger partial charge in [-0.15, -0.1) is 0 Å². The van der Waals surface area contributed by atoms with E-state index in [0.717, 1.165) is 43.7 Å². The lowest BCUT2D eigenvalue weighted by Crippen LogP contribution is -2.62. The summed E-state index contributed by atoms with van der Waals surface area (Å²) < 4.78 is 5.25. The number of hydrogen-bond donors (Lipinski definition) is 1. The highest BCUT2D eigenvalue weighted by Gasteiger charge is 2.57. The van der Waals surface area contributed by atoms with Crippen LogP contribution in [0.2, 0.25) is 0 Å². The fraction of sp³-hybridized carbons (Fsp3) is 0.682. The van der Waals surface area contributed by atoms with Gasteiger partial charge >= 0.3 is 6.03 Å². The van der Waals surface area contributed by atoms with Crippen molar-refractivity contribution in [2.45, 2.75) is 56.7 Å². The van der Waals surface area contributed by atoms with Crippen LogP contribution in [0.5, 0.6) is 5.75 Å². The molecule has 4 bridgehead atoms. The van der Waals surface area contributed by atoms with Gasteiger partial charge in [0.25, 0.3) is 0 Å². The number of methoxy groups -OCH3 is 1. The maximum Gasteiger partial charge on any atom is 0.320 e. The van der Waals surface area contributed by atoms with E-state index in [1.807, 2.05) is 17.0 Å². The molecule has 4 aliphatic carbocycles. The van der Waals surface area contributed by atoms with Crippen molar-refractivity contribution in [3.05, 3.63) is 29.8 Å². The predicted octanol–water partition coefficient (Wildman–Crippen LogP) is 3.43. The monoisotopic (exact) mass is 370 g/mol. The standard InChI is InChI=1S/C22H30N2O3/c1-14(16-3-5-19(27-2)6-4-16)23-7-8-24(21(23)25)20-17-9-15-10-18(20)13-22(26,11-15)12-17/h3-6,14-15,17-18,20,26H,7-13H2,1-2H3/t14-,15?,17?,18?,20?,22?/m0/s1. The molecule has 4 saturated carbocycles. The van der Waals surface area contributed by atoms with E-state index in [-0.39, 0.29) is 12.1 Å². The Balaban J connectivity index is 1.33. The number of carbonyl (C=O) groups is 1. The van der Waals surface area contributed by atoms with Crippen molar-refractivity contribution in [1.82, 2.24) is 9.80 Å². The lowest BCUT2D eigenvalue weighted by atomic mass is 9.52. The molecule has 5 heteroatoms. The van der Waals surface area contributed by atoms with E-state index in [0.29, 0.717) is 23.8 Å². The molecule has 5 aliphatic rings. The van der Waals surface area contributed by atoms with Crippen LogP contribution in [0.25, 0.3) is 0 Å². The van der Waals surface area contributed by atoms with Crippen LogP contribution < -0.4 is 4.74 Å². The predicted molar refractivity (Wildman–Crippen MR) is 103 cm³/mol. The van der Waals surface area contributed by atoms with E-state index in [4.69, 9.17) is 4.74 Å². The first-order valence-corrected chi connectivity index (χ1v) is 10.4. The van der Waals surface area contributed by atoms with Crippen molar-refractivity contribution in [1.29, 1.82) is 0 Å². The van der Waals surface area contributed by atoms with Gasteiger partial charge in [0.05, 0.1) is 18.8 Å². The first kappa shape index (κ1) is 17.4.